The molecule has 0 amide bonds. The van der Waals surface area contributed by atoms with Crippen molar-refractivity contribution >= 4 is 23.1 Å². The Morgan fingerprint density at radius 2 is 2.10 bits per heavy atom. The molecule has 1 aromatic rings. The fourth-order valence-electron chi connectivity index (χ4n) is 1.38. The first-order chi connectivity index (χ1) is 9.45. The molecule has 0 aliphatic heterocycles. The average molecular weight is 307 g/mol. The molecule has 0 atom stereocenters. The van der Waals surface area contributed by atoms with Crippen molar-refractivity contribution in [3.63, 3.8) is 0 Å². The second kappa shape index (κ2) is 8.01. The lowest BCUT2D eigenvalue weighted by Gasteiger charge is -2.00. The van der Waals surface area contributed by atoms with Gasteiger partial charge in [0.25, 0.3) is 6.43 Å². The number of aromatic nitrogens is 1. The number of hydrogen-bond acceptors (Lipinski definition) is 6. The summed E-state index contributed by atoms with van der Waals surface area (Å²) >= 11 is 1.05. The minimum Gasteiger partial charge on any atom is -0.461 e. The SMILES string of the molecule is CCOC(=O)c1nc(CCOCC(F)F)sc1C(C)=O. The number of nitrogens with zero attached hydrogens (tertiary/aromatic N) is 1. The maximum atomic E-state index is 11.9. The van der Waals surface area contributed by atoms with E-state index in [4.69, 9.17) is 9.47 Å². The number of thiazole rings is 1. The number of halogens is 2. The summed E-state index contributed by atoms with van der Waals surface area (Å²) < 4.78 is 33.3. The van der Waals surface area contributed by atoms with Crippen molar-refractivity contribution in [1.82, 2.24) is 4.98 Å². The fraction of sp³-hybridized carbons (Fsp3) is 0.583. The fourth-order valence-corrected chi connectivity index (χ4v) is 2.31. The molecule has 20 heavy (non-hydrogen) atoms. The quantitative estimate of drug-likeness (QED) is 0.419. The van der Waals surface area contributed by atoms with Crippen LogP contribution in [0.4, 0.5) is 8.78 Å². The zero-order valence-electron chi connectivity index (χ0n) is 11.2. The van der Waals surface area contributed by atoms with Crippen molar-refractivity contribution in [1.29, 1.82) is 0 Å². The van der Waals surface area contributed by atoms with Crippen LogP contribution in [0, 0.1) is 0 Å². The normalized spacial score (nSPS) is 10.8. The van der Waals surface area contributed by atoms with Gasteiger partial charge >= 0.3 is 5.97 Å². The maximum Gasteiger partial charge on any atom is 0.358 e. The Morgan fingerprint density at radius 1 is 1.40 bits per heavy atom. The molecule has 8 heteroatoms. The van der Waals surface area contributed by atoms with E-state index in [0.29, 0.717) is 5.01 Å². The lowest BCUT2D eigenvalue weighted by molar-refractivity contribution is 0.0187. The van der Waals surface area contributed by atoms with Crippen LogP contribution in [0.25, 0.3) is 0 Å². The third-order valence-corrected chi connectivity index (χ3v) is 3.38. The van der Waals surface area contributed by atoms with E-state index in [1.54, 1.807) is 6.92 Å². The minimum atomic E-state index is -2.52. The highest BCUT2D eigenvalue weighted by molar-refractivity contribution is 7.14. The van der Waals surface area contributed by atoms with Crippen LogP contribution in [0.3, 0.4) is 0 Å². The third-order valence-electron chi connectivity index (χ3n) is 2.16. The number of hydrogen-bond donors (Lipinski definition) is 0. The van der Waals surface area contributed by atoms with Gasteiger partial charge in [0, 0.05) is 13.3 Å². The molecule has 112 valence electrons. The summed E-state index contributed by atoms with van der Waals surface area (Å²) in [5.41, 5.74) is -0.0202. The van der Waals surface area contributed by atoms with Gasteiger partial charge in [0.15, 0.2) is 11.5 Å². The summed E-state index contributed by atoms with van der Waals surface area (Å²) in [6.45, 7) is 2.57. The first kappa shape index (κ1) is 16.6. The molecule has 0 fully saturated rings. The van der Waals surface area contributed by atoms with Crippen molar-refractivity contribution in [2.75, 3.05) is 19.8 Å². The number of carbonyl (C=O) groups is 2. The van der Waals surface area contributed by atoms with Crippen LogP contribution >= 0.6 is 11.3 Å². The number of Topliss-reactive ketones (excluding diaryl/α,β-unsaturated/α-hetero) is 1. The van der Waals surface area contributed by atoms with E-state index in [-0.39, 0.29) is 36.0 Å². The highest BCUT2D eigenvalue weighted by Gasteiger charge is 2.22. The highest BCUT2D eigenvalue weighted by atomic mass is 32.1. The van der Waals surface area contributed by atoms with Crippen molar-refractivity contribution in [2.45, 2.75) is 26.7 Å². The van der Waals surface area contributed by atoms with E-state index < -0.39 is 19.0 Å². The van der Waals surface area contributed by atoms with Gasteiger partial charge < -0.3 is 9.47 Å². The van der Waals surface area contributed by atoms with E-state index in [0.717, 1.165) is 11.3 Å². The van der Waals surface area contributed by atoms with Gasteiger partial charge in [0.1, 0.15) is 11.5 Å². The molecule has 0 unspecified atom stereocenters. The largest absolute Gasteiger partial charge is 0.461 e. The second-order valence-electron chi connectivity index (χ2n) is 3.78. The summed E-state index contributed by atoms with van der Waals surface area (Å²) in [7, 11) is 0. The van der Waals surface area contributed by atoms with E-state index in [2.05, 4.69) is 4.98 Å². The predicted molar refractivity (Wildman–Crippen MR) is 68.6 cm³/mol. The number of carbonyl (C=O) groups excluding carboxylic acids is 2. The number of alkyl halides is 2. The summed E-state index contributed by atoms with van der Waals surface area (Å²) in [6, 6.07) is 0. The standard InChI is InChI=1S/C12H15F2NO4S/c1-3-19-12(17)10-11(7(2)16)20-9(15-10)4-5-18-6-8(13)14/h8H,3-6H2,1-2H3. The summed E-state index contributed by atoms with van der Waals surface area (Å²) in [5, 5.41) is 0.479. The van der Waals surface area contributed by atoms with Crippen LogP contribution in [0.2, 0.25) is 0 Å². The number of esters is 1. The summed E-state index contributed by atoms with van der Waals surface area (Å²) in [5.74, 6) is -0.945. The molecule has 1 heterocycles. The van der Waals surface area contributed by atoms with E-state index in [9.17, 15) is 18.4 Å². The Bertz CT molecular complexity index is 476. The second-order valence-corrected chi connectivity index (χ2v) is 4.86. The number of rotatable bonds is 8. The van der Waals surface area contributed by atoms with Crippen LogP contribution in [-0.2, 0) is 15.9 Å². The Hall–Kier alpha value is -1.41. The summed E-state index contributed by atoms with van der Waals surface area (Å²) in [4.78, 5) is 27.3. The Morgan fingerprint density at radius 3 is 2.65 bits per heavy atom. The molecule has 0 bridgehead atoms. The average Bonchev–Trinajstić information content (AvgIpc) is 2.79. The van der Waals surface area contributed by atoms with Crippen LogP contribution < -0.4 is 0 Å². The van der Waals surface area contributed by atoms with Gasteiger partial charge in [-0.2, -0.15) is 0 Å². The maximum absolute atomic E-state index is 11.9. The third kappa shape index (κ3) is 4.93. The first-order valence-electron chi connectivity index (χ1n) is 5.99. The van der Waals surface area contributed by atoms with E-state index in [1.807, 2.05) is 0 Å². The van der Waals surface area contributed by atoms with Gasteiger partial charge in [-0.3, -0.25) is 4.79 Å². The molecule has 0 saturated heterocycles. The first-order valence-corrected chi connectivity index (χ1v) is 6.81. The molecule has 0 radical (unpaired) electrons. The molecule has 0 spiro atoms. The topological polar surface area (TPSA) is 65.5 Å². The van der Waals surface area contributed by atoms with Crippen LogP contribution in [-0.4, -0.2) is 43.0 Å². The highest BCUT2D eigenvalue weighted by Crippen LogP contribution is 2.21. The van der Waals surface area contributed by atoms with Gasteiger partial charge in [-0.25, -0.2) is 18.6 Å². The van der Waals surface area contributed by atoms with Gasteiger partial charge in [-0.1, -0.05) is 0 Å². The number of ketones is 1. The lowest BCUT2D eigenvalue weighted by atomic mass is 10.3. The van der Waals surface area contributed by atoms with Gasteiger partial charge in [0.05, 0.1) is 18.2 Å². The van der Waals surface area contributed by atoms with Crippen LogP contribution in [0.1, 0.15) is 39.0 Å². The van der Waals surface area contributed by atoms with Gasteiger partial charge in [-0.05, 0) is 6.92 Å². The molecule has 0 N–H and O–H groups in total. The molecule has 5 nitrogen and oxygen atoms in total. The van der Waals surface area contributed by atoms with Crippen molar-refractivity contribution in [3.8, 4) is 0 Å². The van der Waals surface area contributed by atoms with Crippen LogP contribution in [0.5, 0.6) is 0 Å². The molecule has 0 aromatic carbocycles. The van der Waals surface area contributed by atoms with Gasteiger partial charge in [0.2, 0.25) is 0 Å². The molecule has 1 aromatic heterocycles. The predicted octanol–water partition coefficient (Wildman–Crippen LogP) is 2.35. The van der Waals surface area contributed by atoms with Gasteiger partial charge in [-0.15, -0.1) is 11.3 Å². The number of ether oxygens (including phenoxy) is 2. The van der Waals surface area contributed by atoms with Crippen molar-refractivity contribution in [2.24, 2.45) is 0 Å². The van der Waals surface area contributed by atoms with Crippen LogP contribution in [0.15, 0.2) is 0 Å². The lowest BCUT2D eigenvalue weighted by Crippen LogP contribution is -2.10. The molecule has 0 aliphatic rings. The Labute approximate surface area is 118 Å². The molecular formula is C12H15F2NO4S. The molecular weight excluding hydrogens is 292 g/mol. The Kier molecular flexibility index (Phi) is 6.66. The van der Waals surface area contributed by atoms with Crippen molar-refractivity contribution < 1.29 is 27.8 Å². The molecule has 0 saturated carbocycles. The monoisotopic (exact) mass is 307 g/mol. The smallest absolute Gasteiger partial charge is 0.358 e. The molecule has 1 rings (SSSR count). The summed E-state index contributed by atoms with van der Waals surface area (Å²) in [6.07, 6.45) is -2.26. The van der Waals surface area contributed by atoms with E-state index in [1.165, 1.54) is 6.92 Å². The minimum absolute atomic E-state index is 0.0202. The zero-order chi connectivity index (χ0) is 15.1. The Balaban J connectivity index is 2.71. The van der Waals surface area contributed by atoms with Crippen molar-refractivity contribution in [3.05, 3.63) is 15.6 Å². The zero-order valence-corrected chi connectivity index (χ0v) is 12.0. The van der Waals surface area contributed by atoms with E-state index >= 15 is 0 Å². The molecule has 0 aliphatic carbocycles.